The summed E-state index contributed by atoms with van der Waals surface area (Å²) in [7, 11) is 0. The van der Waals surface area contributed by atoms with Crippen molar-refractivity contribution in [2.45, 2.75) is 6.42 Å². The molecular weight excluding hydrogens is 251 g/mol. The van der Waals surface area contributed by atoms with Crippen LogP contribution < -0.4 is 0 Å². The third-order valence-corrected chi connectivity index (χ3v) is 3.16. The Labute approximate surface area is 80.9 Å². The Morgan fingerprint density at radius 1 is 1.82 bits per heavy atom. The highest BCUT2D eigenvalue weighted by molar-refractivity contribution is 9.11. The fraction of sp³-hybridized carbons (Fsp3) is 0.167. The second-order valence-corrected chi connectivity index (χ2v) is 4.92. The summed E-state index contributed by atoms with van der Waals surface area (Å²) >= 11 is 10.2. The fourth-order valence-corrected chi connectivity index (χ4v) is 2.71. The molecule has 1 N–H and O–H groups in total. The zero-order valence-electron chi connectivity index (χ0n) is 5.30. The van der Waals surface area contributed by atoms with Crippen LogP contribution in [0.5, 0.6) is 0 Å². The molecule has 11 heavy (non-hydrogen) atoms. The first kappa shape index (κ1) is 9.03. The van der Waals surface area contributed by atoms with Crippen LogP contribution in [0.4, 0.5) is 0 Å². The van der Waals surface area contributed by atoms with Crippen LogP contribution in [0.2, 0.25) is 4.34 Å². The van der Waals surface area contributed by atoms with Gasteiger partial charge in [-0.2, -0.15) is 0 Å². The topological polar surface area (TPSA) is 37.3 Å². The van der Waals surface area contributed by atoms with Crippen molar-refractivity contribution in [3.63, 3.8) is 0 Å². The van der Waals surface area contributed by atoms with Crippen LogP contribution in [-0.4, -0.2) is 11.1 Å². The molecule has 60 valence electrons. The van der Waals surface area contributed by atoms with Gasteiger partial charge in [-0.05, 0) is 27.6 Å². The van der Waals surface area contributed by atoms with Gasteiger partial charge in [0.1, 0.15) is 0 Å². The van der Waals surface area contributed by atoms with Gasteiger partial charge in [-0.3, -0.25) is 4.79 Å². The normalized spacial score (nSPS) is 10.0. The molecule has 0 aliphatic heterocycles. The van der Waals surface area contributed by atoms with E-state index < -0.39 is 5.97 Å². The maximum absolute atomic E-state index is 10.3. The first-order valence-corrected chi connectivity index (χ1v) is 4.74. The Kier molecular flexibility index (Phi) is 2.92. The minimum Gasteiger partial charge on any atom is -0.481 e. The van der Waals surface area contributed by atoms with Crippen molar-refractivity contribution < 1.29 is 9.90 Å². The third-order valence-electron chi connectivity index (χ3n) is 1.07. The summed E-state index contributed by atoms with van der Waals surface area (Å²) in [6.07, 6.45) is 0.0177. The smallest absolute Gasteiger partial charge is 0.307 e. The maximum atomic E-state index is 10.3. The SMILES string of the molecule is O=C(O)Cc1cc(Cl)sc1Br. The summed E-state index contributed by atoms with van der Waals surface area (Å²) in [5.41, 5.74) is 0.729. The summed E-state index contributed by atoms with van der Waals surface area (Å²) < 4.78 is 1.40. The van der Waals surface area contributed by atoms with Crippen molar-refractivity contribution in [2.24, 2.45) is 0 Å². The minimum atomic E-state index is -0.847. The summed E-state index contributed by atoms with van der Waals surface area (Å²) in [6.45, 7) is 0. The van der Waals surface area contributed by atoms with E-state index in [1.807, 2.05) is 0 Å². The quantitative estimate of drug-likeness (QED) is 0.882. The minimum absolute atomic E-state index is 0.0177. The average Bonchev–Trinajstić information content (AvgIpc) is 2.09. The van der Waals surface area contributed by atoms with E-state index in [0.717, 1.165) is 9.35 Å². The summed E-state index contributed by atoms with van der Waals surface area (Å²) in [6, 6.07) is 1.66. The highest BCUT2D eigenvalue weighted by atomic mass is 79.9. The summed E-state index contributed by atoms with van der Waals surface area (Å²) in [4.78, 5) is 10.3. The molecule has 0 saturated heterocycles. The second-order valence-electron chi connectivity index (χ2n) is 1.92. The standard InChI is InChI=1S/C6H4BrClO2S/c7-6-3(2-5(9)10)1-4(8)11-6/h1H,2H2,(H,9,10). The highest BCUT2D eigenvalue weighted by Gasteiger charge is 2.08. The number of carbonyl (C=O) groups is 1. The lowest BCUT2D eigenvalue weighted by Crippen LogP contribution is -1.98. The number of thiophene rings is 1. The first-order chi connectivity index (χ1) is 5.09. The van der Waals surface area contributed by atoms with Crippen molar-refractivity contribution in [1.82, 2.24) is 0 Å². The van der Waals surface area contributed by atoms with E-state index >= 15 is 0 Å². The van der Waals surface area contributed by atoms with E-state index in [9.17, 15) is 4.79 Å². The summed E-state index contributed by atoms with van der Waals surface area (Å²) in [5, 5.41) is 8.44. The van der Waals surface area contributed by atoms with E-state index in [4.69, 9.17) is 16.7 Å². The molecule has 2 nitrogen and oxygen atoms in total. The van der Waals surface area contributed by atoms with Gasteiger partial charge in [-0.1, -0.05) is 11.6 Å². The molecule has 0 radical (unpaired) electrons. The molecule has 0 unspecified atom stereocenters. The lowest BCUT2D eigenvalue weighted by atomic mass is 10.2. The van der Waals surface area contributed by atoms with E-state index in [1.165, 1.54) is 11.3 Å². The molecule has 1 rings (SSSR count). The van der Waals surface area contributed by atoms with Crippen LogP contribution >= 0.6 is 38.9 Å². The van der Waals surface area contributed by atoms with Crippen molar-refractivity contribution in [3.8, 4) is 0 Å². The van der Waals surface area contributed by atoms with Crippen molar-refractivity contribution in [3.05, 3.63) is 19.8 Å². The van der Waals surface area contributed by atoms with E-state index in [1.54, 1.807) is 6.07 Å². The zero-order chi connectivity index (χ0) is 8.43. The molecule has 0 amide bonds. The van der Waals surface area contributed by atoms with Gasteiger partial charge in [0.05, 0.1) is 14.5 Å². The molecule has 1 aromatic heterocycles. The number of aliphatic carboxylic acids is 1. The predicted molar refractivity (Wildman–Crippen MR) is 48.4 cm³/mol. The molecule has 1 aromatic rings. The molecule has 5 heteroatoms. The Bertz CT molecular complexity index is 284. The zero-order valence-corrected chi connectivity index (χ0v) is 8.46. The molecule has 0 aliphatic carbocycles. The molecule has 0 atom stereocenters. The number of hydrogen-bond acceptors (Lipinski definition) is 2. The molecular formula is C6H4BrClO2S. The highest BCUT2D eigenvalue weighted by Crippen LogP contribution is 2.31. The van der Waals surface area contributed by atoms with Crippen LogP contribution in [0.3, 0.4) is 0 Å². The Morgan fingerprint density at radius 2 is 2.45 bits per heavy atom. The van der Waals surface area contributed by atoms with E-state index in [2.05, 4.69) is 15.9 Å². The lowest BCUT2D eigenvalue weighted by molar-refractivity contribution is -0.136. The molecule has 0 aromatic carbocycles. The number of carboxylic acids is 1. The van der Waals surface area contributed by atoms with Crippen LogP contribution in [0, 0.1) is 0 Å². The largest absolute Gasteiger partial charge is 0.481 e. The number of halogens is 2. The fourth-order valence-electron chi connectivity index (χ4n) is 0.658. The first-order valence-electron chi connectivity index (χ1n) is 2.75. The third kappa shape index (κ3) is 2.47. The van der Waals surface area contributed by atoms with Gasteiger partial charge >= 0.3 is 5.97 Å². The van der Waals surface area contributed by atoms with E-state index in [0.29, 0.717) is 4.34 Å². The lowest BCUT2D eigenvalue weighted by Gasteiger charge is -1.89. The van der Waals surface area contributed by atoms with Crippen LogP contribution in [0.1, 0.15) is 5.56 Å². The van der Waals surface area contributed by atoms with Crippen LogP contribution in [-0.2, 0) is 11.2 Å². The van der Waals surface area contributed by atoms with E-state index in [-0.39, 0.29) is 6.42 Å². The maximum Gasteiger partial charge on any atom is 0.307 e. The van der Waals surface area contributed by atoms with Crippen LogP contribution in [0.25, 0.3) is 0 Å². The van der Waals surface area contributed by atoms with Gasteiger partial charge < -0.3 is 5.11 Å². The van der Waals surface area contributed by atoms with Gasteiger partial charge in [0, 0.05) is 0 Å². The number of carboxylic acid groups (broad SMARTS) is 1. The number of hydrogen-bond donors (Lipinski definition) is 1. The Morgan fingerprint density at radius 3 is 2.82 bits per heavy atom. The van der Waals surface area contributed by atoms with Gasteiger partial charge in [-0.25, -0.2) is 0 Å². The Hall–Kier alpha value is -0.0600. The van der Waals surface area contributed by atoms with Crippen LogP contribution in [0.15, 0.2) is 9.85 Å². The Balaban J connectivity index is 2.85. The number of rotatable bonds is 2. The van der Waals surface area contributed by atoms with Crippen molar-refractivity contribution >= 4 is 44.8 Å². The second kappa shape index (κ2) is 3.56. The predicted octanol–water partition coefficient (Wildman–Crippen LogP) is 2.79. The molecule has 0 saturated carbocycles. The monoisotopic (exact) mass is 254 g/mol. The molecule has 0 fully saturated rings. The molecule has 0 bridgehead atoms. The van der Waals surface area contributed by atoms with Gasteiger partial charge in [0.2, 0.25) is 0 Å². The van der Waals surface area contributed by atoms with Crippen molar-refractivity contribution in [2.75, 3.05) is 0 Å². The summed E-state index contributed by atoms with van der Waals surface area (Å²) in [5.74, 6) is -0.847. The molecule has 0 aliphatic rings. The average molecular weight is 256 g/mol. The molecule has 1 heterocycles. The van der Waals surface area contributed by atoms with Gasteiger partial charge in [0.15, 0.2) is 0 Å². The van der Waals surface area contributed by atoms with Gasteiger partial charge in [-0.15, -0.1) is 11.3 Å². The van der Waals surface area contributed by atoms with Gasteiger partial charge in [0.25, 0.3) is 0 Å². The molecule has 0 spiro atoms. The van der Waals surface area contributed by atoms with Crippen molar-refractivity contribution in [1.29, 1.82) is 0 Å².